The number of sulfonamides is 1. The lowest BCUT2D eigenvalue weighted by Gasteiger charge is -2.23. The molecule has 0 fully saturated rings. The monoisotopic (exact) mass is 374 g/mol. The Kier molecular flexibility index (Phi) is 4.91. The molecule has 0 aromatic heterocycles. The van der Waals surface area contributed by atoms with Crippen LogP contribution in [0.5, 0.6) is 11.5 Å². The molecule has 1 aliphatic rings. The highest BCUT2D eigenvalue weighted by molar-refractivity contribution is 7.88. The zero-order valence-electron chi connectivity index (χ0n) is 15.3. The number of benzene rings is 2. The predicted octanol–water partition coefficient (Wildman–Crippen LogP) is 3.12. The van der Waals surface area contributed by atoms with Gasteiger partial charge in [-0.2, -0.15) is 9.52 Å². The first-order chi connectivity index (χ1) is 12.3. The lowest BCUT2D eigenvalue weighted by Crippen LogP contribution is -2.26. The van der Waals surface area contributed by atoms with Crippen molar-refractivity contribution in [3.05, 3.63) is 59.2 Å². The van der Waals surface area contributed by atoms with Gasteiger partial charge in [0.2, 0.25) is 10.0 Å². The van der Waals surface area contributed by atoms with E-state index >= 15 is 0 Å². The minimum Gasteiger partial charge on any atom is -0.497 e. The standard InChI is InChI=1S/C19H22N2O4S/c1-13-5-7-14(8-6-13)17-12-18(21(20-17)26(4,22)23)16-11-15(24-2)9-10-19(16)25-3/h5-11,18H,12H2,1-4H3. The number of rotatable bonds is 5. The van der Waals surface area contributed by atoms with E-state index in [2.05, 4.69) is 5.10 Å². The topological polar surface area (TPSA) is 68.2 Å². The van der Waals surface area contributed by atoms with Crippen LogP contribution >= 0.6 is 0 Å². The number of hydrogen-bond acceptors (Lipinski definition) is 5. The fourth-order valence-corrected chi connectivity index (χ4v) is 3.94. The third-order valence-electron chi connectivity index (χ3n) is 4.39. The van der Waals surface area contributed by atoms with Gasteiger partial charge in [0.05, 0.1) is 32.2 Å². The van der Waals surface area contributed by atoms with Crippen LogP contribution in [0.2, 0.25) is 0 Å². The zero-order chi connectivity index (χ0) is 18.9. The van der Waals surface area contributed by atoms with Crippen molar-refractivity contribution in [3.63, 3.8) is 0 Å². The zero-order valence-corrected chi connectivity index (χ0v) is 16.1. The van der Waals surface area contributed by atoms with Crippen LogP contribution in [0.25, 0.3) is 0 Å². The summed E-state index contributed by atoms with van der Waals surface area (Å²) in [5.74, 6) is 1.24. The maximum atomic E-state index is 12.3. The molecule has 1 heterocycles. The normalized spacial score (nSPS) is 17.2. The summed E-state index contributed by atoms with van der Waals surface area (Å²) < 4.78 is 36.6. The predicted molar refractivity (Wildman–Crippen MR) is 101 cm³/mol. The Morgan fingerprint density at radius 3 is 2.35 bits per heavy atom. The molecule has 0 N–H and O–H groups in total. The smallest absolute Gasteiger partial charge is 0.247 e. The number of nitrogens with zero attached hydrogens (tertiary/aromatic N) is 2. The molecule has 138 valence electrons. The molecular formula is C19H22N2O4S. The maximum absolute atomic E-state index is 12.3. The van der Waals surface area contributed by atoms with Gasteiger partial charge in [0.1, 0.15) is 11.5 Å². The Morgan fingerprint density at radius 1 is 1.08 bits per heavy atom. The summed E-state index contributed by atoms with van der Waals surface area (Å²) in [5, 5.41) is 4.41. The van der Waals surface area contributed by atoms with Crippen molar-refractivity contribution in [3.8, 4) is 11.5 Å². The maximum Gasteiger partial charge on any atom is 0.247 e. The van der Waals surface area contributed by atoms with Crippen molar-refractivity contribution in [2.24, 2.45) is 5.10 Å². The first-order valence-electron chi connectivity index (χ1n) is 8.19. The van der Waals surface area contributed by atoms with Gasteiger partial charge in [0.15, 0.2) is 0 Å². The Hall–Kier alpha value is -2.54. The molecule has 7 heteroatoms. The molecule has 0 saturated heterocycles. The highest BCUT2D eigenvalue weighted by Crippen LogP contribution is 2.40. The molecule has 2 aromatic rings. The van der Waals surface area contributed by atoms with Crippen molar-refractivity contribution in [1.29, 1.82) is 0 Å². The first kappa shape index (κ1) is 18.3. The van der Waals surface area contributed by atoms with Crippen LogP contribution in [0.1, 0.15) is 29.2 Å². The summed E-state index contributed by atoms with van der Waals surface area (Å²) in [4.78, 5) is 0. The summed E-state index contributed by atoms with van der Waals surface area (Å²) in [6, 6.07) is 12.8. The summed E-state index contributed by atoms with van der Waals surface area (Å²) in [7, 11) is -0.410. The van der Waals surface area contributed by atoms with E-state index in [1.165, 1.54) is 4.41 Å². The van der Waals surface area contributed by atoms with Crippen LogP contribution in [0.3, 0.4) is 0 Å². The Balaban J connectivity index is 2.06. The van der Waals surface area contributed by atoms with Crippen LogP contribution in [-0.4, -0.2) is 39.0 Å². The van der Waals surface area contributed by atoms with Crippen LogP contribution in [0, 0.1) is 6.92 Å². The minimum atomic E-state index is -3.54. The molecule has 0 radical (unpaired) electrons. The fraction of sp³-hybridized carbons (Fsp3) is 0.316. The van der Waals surface area contributed by atoms with Gasteiger partial charge in [-0.3, -0.25) is 0 Å². The largest absolute Gasteiger partial charge is 0.497 e. The van der Waals surface area contributed by atoms with Crippen molar-refractivity contribution < 1.29 is 17.9 Å². The molecule has 6 nitrogen and oxygen atoms in total. The van der Waals surface area contributed by atoms with E-state index in [0.29, 0.717) is 17.9 Å². The molecule has 1 unspecified atom stereocenters. The van der Waals surface area contributed by atoms with Crippen molar-refractivity contribution in [2.45, 2.75) is 19.4 Å². The van der Waals surface area contributed by atoms with E-state index < -0.39 is 16.1 Å². The van der Waals surface area contributed by atoms with Gasteiger partial charge in [-0.25, -0.2) is 8.42 Å². The first-order valence-corrected chi connectivity index (χ1v) is 10.0. The second kappa shape index (κ2) is 6.99. The summed E-state index contributed by atoms with van der Waals surface area (Å²) >= 11 is 0. The molecule has 1 aliphatic heterocycles. The van der Waals surface area contributed by atoms with E-state index in [-0.39, 0.29) is 0 Å². The molecule has 26 heavy (non-hydrogen) atoms. The van der Waals surface area contributed by atoms with Crippen LogP contribution in [0.4, 0.5) is 0 Å². The molecule has 3 rings (SSSR count). The van der Waals surface area contributed by atoms with Gasteiger partial charge >= 0.3 is 0 Å². The number of hydrogen-bond donors (Lipinski definition) is 0. The van der Waals surface area contributed by atoms with Crippen LogP contribution in [0.15, 0.2) is 47.6 Å². The van der Waals surface area contributed by atoms with Gasteiger partial charge in [0.25, 0.3) is 0 Å². The molecule has 2 aromatic carbocycles. The highest BCUT2D eigenvalue weighted by atomic mass is 32.2. The molecule has 0 aliphatic carbocycles. The van der Waals surface area contributed by atoms with E-state index in [1.807, 2.05) is 31.2 Å². The van der Waals surface area contributed by atoms with Gasteiger partial charge < -0.3 is 9.47 Å². The molecule has 0 bridgehead atoms. The third-order valence-corrected chi connectivity index (χ3v) is 5.41. The van der Waals surface area contributed by atoms with Crippen molar-refractivity contribution in [2.75, 3.05) is 20.5 Å². The summed E-state index contributed by atoms with van der Waals surface area (Å²) in [6.07, 6.45) is 1.62. The molecule has 0 spiro atoms. The SMILES string of the molecule is COc1ccc(OC)c(C2CC(c3ccc(C)cc3)=NN2S(C)(=O)=O)c1. The number of hydrazone groups is 1. The average molecular weight is 374 g/mol. The number of aryl methyl sites for hydroxylation is 1. The fourth-order valence-electron chi connectivity index (χ4n) is 3.05. The van der Waals surface area contributed by atoms with Crippen molar-refractivity contribution >= 4 is 15.7 Å². The van der Waals surface area contributed by atoms with Crippen molar-refractivity contribution in [1.82, 2.24) is 4.41 Å². The van der Waals surface area contributed by atoms with Gasteiger partial charge in [-0.05, 0) is 30.7 Å². The van der Waals surface area contributed by atoms with Gasteiger partial charge in [-0.15, -0.1) is 0 Å². The third kappa shape index (κ3) is 3.53. The molecule has 0 amide bonds. The van der Waals surface area contributed by atoms with E-state index in [4.69, 9.17) is 9.47 Å². The van der Waals surface area contributed by atoms with Gasteiger partial charge in [-0.1, -0.05) is 29.8 Å². The Labute approximate surface area is 154 Å². The lowest BCUT2D eigenvalue weighted by atomic mass is 9.97. The highest BCUT2D eigenvalue weighted by Gasteiger charge is 2.36. The van der Waals surface area contributed by atoms with E-state index in [0.717, 1.165) is 28.7 Å². The van der Waals surface area contributed by atoms with Gasteiger partial charge in [0, 0.05) is 12.0 Å². The average Bonchev–Trinajstić information content (AvgIpc) is 3.07. The lowest BCUT2D eigenvalue weighted by molar-refractivity contribution is 0.348. The molecule has 1 atom stereocenters. The van der Waals surface area contributed by atoms with Crippen LogP contribution in [-0.2, 0) is 10.0 Å². The summed E-state index contributed by atoms with van der Waals surface area (Å²) in [6.45, 7) is 2.01. The minimum absolute atomic E-state index is 0.458. The number of methoxy groups -OCH3 is 2. The second-order valence-electron chi connectivity index (χ2n) is 6.28. The van der Waals surface area contributed by atoms with E-state index in [9.17, 15) is 8.42 Å². The molecule has 0 saturated carbocycles. The second-order valence-corrected chi connectivity index (χ2v) is 8.12. The quantitative estimate of drug-likeness (QED) is 0.806. The Bertz CT molecular complexity index is 937. The van der Waals surface area contributed by atoms with E-state index in [1.54, 1.807) is 32.4 Å². The Morgan fingerprint density at radius 2 is 1.77 bits per heavy atom. The number of ether oxygens (including phenoxy) is 2. The summed E-state index contributed by atoms with van der Waals surface area (Å²) in [5.41, 5.74) is 3.50. The molecular weight excluding hydrogens is 352 g/mol. The van der Waals surface area contributed by atoms with Crippen LogP contribution < -0.4 is 9.47 Å².